The number of halogens is 1. The fraction of sp³-hybridized carbons (Fsp3) is 0.789. The molecular weight excluding hydrogens is 293 g/mol. The van der Waals surface area contributed by atoms with Crippen molar-refractivity contribution in [1.82, 2.24) is 0 Å². The van der Waals surface area contributed by atoms with Crippen molar-refractivity contribution in [3.8, 4) is 0 Å². The maximum absolute atomic E-state index is 14.3. The maximum Gasteiger partial charge on any atom is 0.120 e. The number of aliphatic hydroxyl groups excluding tert-OH is 2. The largest absolute Gasteiger partial charge is 0.389 e. The first kappa shape index (κ1) is 15.8. The minimum absolute atomic E-state index is 0.0411. The molecular formula is C19H28FNO2. The minimum atomic E-state index is -0.998. The van der Waals surface area contributed by atoms with Gasteiger partial charge in [0.2, 0.25) is 0 Å². The maximum atomic E-state index is 14.3. The quantitative estimate of drug-likeness (QED) is 0.601. The molecule has 0 spiro atoms. The van der Waals surface area contributed by atoms with Crippen molar-refractivity contribution in [2.24, 2.45) is 28.4 Å². The highest BCUT2D eigenvalue weighted by Gasteiger charge is 2.57. The molecule has 0 aliphatic heterocycles. The second-order valence-corrected chi connectivity index (χ2v) is 8.67. The Hall–Kier alpha value is -0.710. The highest BCUT2D eigenvalue weighted by molar-refractivity contribution is 5.40. The van der Waals surface area contributed by atoms with Gasteiger partial charge < -0.3 is 15.9 Å². The lowest BCUT2D eigenvalue weighted by atomic mass is 9.50. The van der Waals surface area contributed by atoms with Crippen molar-refractivity contribution >= 4 is 0 Å². The third-order valence-corrected chi connectivity index (χ3v) is 7.59. The Morgan fingerprint density at radius 3 is 2.74 bits per heavy atom. The van der Waals surface area contributed by atoms with Crippen LogP contribution >= 0.6 is 0 Å². The third kappa shape index (κ3) is 1.98. The average molecular weight is 321 g/mol. The van der Waals surface area contributed by atoms with Gasteiger partial charge in [-0.05, 0) is 48.5 Å². The van der Waals surface area contributed by atoms with Crippen molar-refractivity contribution < 1.29 is 14.6 Å². The smallest absolute Gasteiger partial charge is 0.120 e. The van der Waals surface area contributed by atoms with Gasteiger partial charge >= 0.3 is 0 Å². The number of hydrogen-bond donors (Lipinski definition) is 3. The van der Waals surface area contributed by atoms with E-state index >= 15 is 0 Å². The van der Waals surface area contributed by atoms with Crippen molar-refractivity contribution in [2.75, 3.05) is 0 Å². The topological polar surface area (TPSA) is 66.5 Å². The Kier molecular flexibility index (Phi) is 3.37. The molecule has 128 valence electrons. The second kappa shape index (κ2) is 4.90. The van der Waals surface area contributed by atoms with Gasteiger partial charge in [-0.2, -0.15) is 0 Å². The van der Waals surface area contributed by atoms with E-state index in [0.717, 1.165) is 24.0 Å². The number of aliphatic hydroxyl groups is 2. The molecule has 4 aliphatic carbocycles. The summed E-state index contributed by atoms with van der Waals surface area (Å²) in [5.74, 6) is 0.535. The van der Waals surface area contributed by atoms with Gasteiger partial charge in [0, 0.05) is 17.9 Å². The molecule has 23 heavy (non-hydrogen) atoms. The summed E-state index contributed by atoms with van der Waals surface area (Å²) in [4.78, 5) is 0. The predicted octanol–water partition coefficient (Wildman–Crippen LogP) is 2.48. The average Bonchev–Trinajstić information content (AvgIpc) is 2.73. The first-order chi connectivity index (χ1) is 10.8. The molecule has 8 atom stereocenters. The van der Waals surface area contributed by atoms with Crippen molar-refractivity contribution in [3.05, 3.63) is 23.3 Å². The highest BCUT2D eigenvalue weighted by atomic mass is 19.1. The molecule has 0 aromatic carbocycles. The monoisotopic (exact) mass is 321 g/mol. The van der Waals surface area contributed by atoms with Crippen LogP contribution in [0.2, 0.25) is 0 Å². The molecule has 2 saturated carbocycles. The molecule has 4 aliphatic rings. The zero-order valence-electron chi connectivity index (χ0n) is 14.0. The summed E-state index contributed by atoms with van der Waals surface area (Å²) in [5, 5.41) is 20.8. The minimum Gasteiger partial charge on any atom is -0.389 e. The van der Waals surface area contributed by atoms with Gasteiger partial charge in [0.25, 0.3) is 0 Å². The number of fused-ring (bicyclic) bond motifs is 4. The van der Waals surface area contributed by atoms with Gasteiger partial charge in [-0.15, -0.1) is 0 Å². The zero-order valence-corrected chi connectivity index (χ0v) is 14.0. The van der Waals surface area contributed by atoms with E-state index in [1.807, 2.05) is 6.08 Å². The van der Waals surface area contributed by atoms with E-state index in [1.54, 1.807) is 0 Å². The zero-order chi connectivity index (χ0) is 16.6. The van der Waals surface area contributed by atoms with Crippen molar-refractivity contribution in [2.45, 2.75) is 70.4 Å². The van der Waals surface area contributed by atoms with Gasteiger partial charge in [-0.3, -0.25) is 0 Å². The first-order valence-electron chi connectivity index (χ1n) is 8.96. The predicted molar refractivity (Wildman–Crippen MR) is 87.3 cm³/mol. The Morgan fingerprint density at radius 2 is 2.00 bits per heavy atom. The molecule has 4 heteroatoms. The van der Waals surface area contributed by atoms with E-state index in [4.69, 9.17) is 5.73 Å². The second-order valence-electron chi connectivity index (χ2n) is 8.67. The summed E-state index contributed by atoms with van der Waals surface area (Å²) in [6.45, 7) is 4.33. The van der Waals surface area contributed by atoms with Gasteiger partial charge in [0.05, 0.1) is 12.2 Å². The van der Waals surface area contributed by atoms with Crippen LogP contribution in [0.4, 0.5) is 4.39 Å². The molecule has 3 nitrogen and oxygen atoms in total. The van der Waals surface area contributed by atoms with Crippen LogP contribution in [-0.2, 0) is 0 Å². The van der Waals surface area contributed by atoms with Crippen molar-refractivity contribution in [3.63, 3.8) is 0 Å². The lowest BCUT2D eigenvalue weighted by molar-refractivity contribution is -0.00134. The lowest BCUT2D eigenvalue weighted by Gasteiger charge is -2.55. The molecule has 2 fully saturated rings. The molecule has 4 N–H and O–H groups in total. The van der Waals surface area contributed by atoms with Crippen molar-refractivity contribution in [1.29, 1.82) is 0 Å². The number of allylic oxidation sites excluding steroid dienone is 1. The summed E-state index contributed by atoms with van der Waals surface area (Å²) in [5.41, 5.74) is 8.02. The number of alkyl halides is 1. The van der Waals surface area contributed by atoms with E-state index in [0.29, 0.717) is 19.3 Å². The van der Waals surface area contributed by atoms with Crippen LogP contribution < -0.4 is 5.73 Å². The van der Waals surface area contributed by atoms with Crippen LogP contribution in [0.5, 0.6) is 0 Å². The lowest BCUT2D eigenvalue weighted by Crippen LogP contribution is -2.51. The Morgan fingerprint density at radius 1 is 1.26 bits per heavy atom. The summed E-state index contributed by atoms with van der Waals surface area (Å²) in [7, 11) is 0. The fourth-order valence-electron chi connectivity index (χ4n) is 6.04. The van der Waals surface area contributed by atoms with Crippen LogP contribution in [0.3, 0.4) is 0 Å². The van der Waals surface area contributed by atoms with Crippen LogP contribution in [0, 0.1) is 22.7 Å². The summed E-state index contributed by atoms with van der Waals surface area (Å²) in [6.07, 6.45) is 5.75. The fourth-order valence-corrected chi connectivity index (χ4v) is 6.04. The SMILES string of the molecule is C[C@]12C=C[C@H](O)C[C@H]1C[C@H](O)C1=C3C[C@@H](F)[C@H](N)[C@@]3(C)CC[C@@H]12. The van der Waals surface area contributed by atoms with Gasteiger partial charge in [-0.1, -0.05) is 31.6 Å². The number of rotatable bonds is 0. The first-order valence-corrected chi connectivity index (χ1v) is 8.96. The third-order valence-electron chi connectivity index (χ3n) is 7.59. The molecule has 0 bridgehead atoms. The Balaban J connectivity index is 1.83. The van der Waals surface area contributed by atoms with Gasteiger partial charge in [0.1, 0.15) is 6.17 Å². The molecule has 0 aromatic rings. The Labute approximate surface area is 137 Å². The van der Waals surface area contributed by atoms with Gasteiger partial charge in [-0.25, -0.2) is 4.39 Å². The summed E-state index contributed by atoms with van der Waals surface area (Å²) >= 11 is 0. The normalized spacial score (nSPS) is 55.4. The van der Waals surface area contributed by atoms with E-state index in [1.165, 1.54) is 0 Å². The molecule has 0 saturated heterocycles. The van der Waals surface area contributed by atoms with Crippen LogP contribution in [-0.4, -0.2) is 34.6 Å². The van der Waals surface area contributed by atoms with Crippen LogP contribution in [0.25, 0.3) is 0 Å². The van der Waals surface area contributed by atoms with E-state index in [2.05, 4.69) is 19.9 Å². The number of hydrogen-bond acceptors (Lipinski definition) is 3. The van der Waals surface area contributed by atoms with Gasteiger partial charge in [0.15, 0.2) is 0 Å². The summed E-state index contributed by atoms with van der Waals surface area (Å²) in [6, 6.07) is -0.451. The molecule has 0 aromatic heterocycles. The van der Waals surface area contributed by atoms with E-state index < -0.39 is 24.4 Å². The molecule has 0 amide bonds. The van der Waals surface area contributed by atoms with Crippen LogP contribution in [0.15, 0.2) is 23.3 Å². The molecule has 0 radical (unpaired) electrons. The Bertz CT molecular complexity index is 588. The summed E-state index contributed by atoms with van der Waals surface area (Å²) < 4.78 is 14.3. The number of nitrogens with two attached hydrogens (primary N) is 1. The molecule has 4 rings (SSSR count). The molecule has 0 unspecified atom stereocenters. The van der Waals surface area contributed by atoms with Crippen LogP contribution in [0.1, 0.15) is 46.0 Å². The van der Waals surface area contributed by atoms with E-state index in [-0.39, 0.29) is 22.7 Å². The van der Waals surface area contributed by atoms with E-state index in [9.17, 15) is 14.6 Å². The highest BCUT2D eigenvalue weighted by Crippen LogP contribution is 2.62. The molecule has 0 heterocycles. The standard InChI is InChI=1S/C19H28FNO2/c1-18-5-3-11(22)7-10(18)8-15(23)16-12(18)4-6-19(2)13(16)9-14(20)17(19)21/h3,5,10-12,14-15,17,22-23H,4,6-9,21H2,1-2H3/t10-,11-,12-,14+,15-,17-,18-,19-/m0/s1.